The molecule has 70 heavy (non-hydrogen) atoms. The molecule has 2 radical (unpaired) electrons. The number of hydrogen-bond donors (Lipinski definition) is 0. The van der Waals surface area contributed by atoms with Crippen LogP contribution in [0.25, 0.3) is 54.7 Å². The maximum atomic E-state index is 7.11. The molecule has 0 bridgehead atoms. The van der Waals surface area contributed by atoms with Crippen molar-refractivity contribution in [3.63, 3.8) is 0 Å². The smallest absolute Gasteiger partial charge is 0.137 e. The Morgan fingerprint density at radius 2 is 0.729 bits per heavy atom. The minimum Gasteiger partial charge on any atom is -0.492 e. The Kier molecular flexibility index (Phi) is 22.0. The number of benzene rings is 4. The second kappa shape index (κ2) is 27.4. The van der Waals surface area contributed by atoms with Gasteiger partial charge in [0.05, 0.1) is 36.4 Å². The van der Waals surface area contributed by atoms with Gasteiger partial charge in [-0.25, -0.2) is 0 Å². The van der Waals surface area contributed by atoms with Crippen LogP contribution in [0.15, 0.2) is 57.5 Å². The summed E-state index contributed by atoms with van der Waals surface area (Å²) in [5.74, 6) is 7.05. The number of ether oxygens (including phenoxy) is 2. The van der Waals surface area contributed by atoms with Gasteiger partial charge < -0.3 is 18.6 Å². The maximum Gasteiger partial charge on any atom is 0.137 e. The van der Waals surface area contributed by atoms with Gasteiger partial charge >= 0.3 is 0 Å². The second-order valence-electron chi connectivity index (χ2n) is 23.7. The number of halogens is 2. The van der Waals surface area contributed by atoms with Crippen molar-refractivity contribution < 1.29 is 9.47 Å². The van der Waals surface area contributed by atoms with Gasteiger partial charge in [0.25, 0.3) is 0 Å². The fourth-order valence-electron chi connectivity index (χ4n) is 10.6. The number of aromatic nitrogens is 2. The van der Waals surface area contributed by atoms with Crippen LogP contribution in [0.3, 0.4) is 0 Å². The normalized spacial score (nSPS) is 14.1. The molecule has 0 spiro atoms. The van der Waals surface area contributed by atoms with E-state index in [9.17, 15) is 0 Å². The van der Waals surface area contributed by atoms with Crippen LogP contribution >= 0.6 is 31.9 Å². The van der Waals surface area contributed by atoms with Gasteiger partial charge in [-0.15, -0.1) is 0 Å². The molecule has 0 fully saturated rings. The average molecular weight is 1080 g/mol. The van der Waals surface area contributed by atoms with E-state index in [1.807, 2.05) is 0 Å². The van der Waals surface area contributed by atoms with E-state index in [1.165, 1.54) is 110 Å². The molecule has 384 valence electrons. The zero-order valence-electron chi connectivity index (χ0n) is 45.8. The predicted molar refractivity (Wildman–Crippen MR) is 312 cm³/mol. The first kappa shape index (κ1) is 56.3. The number of hydrogen-bond acceptors (Lipinski definition) is 2. The summed E-state index contributed by atoms with van der Waals surface area (Å²) in [6, 6.07) is 26.5. The summed E-state index contributed by atoms with van der Waals surface area (Å²) in [6.07, 6.45) is 19.5. The van der Waals surface area contributed by atoms with Gasteiger partial charge in [-0.1, -0.05) is 192 Å². The third-order valence-electron chi connectivity index (χ3n) is 15.3. The summed E-state index contributed by atoms with van der Waals surface area (Å²) in [7, 11) is 0. The summed E-state index contributed by atoms with van der Waals surface area (Å²) in [6.45, 7) is 31.6. The van der Waals surface area contributed by atoms with Crippen molar-refractivity contribution in [2.24, 2.45) is 47.3 Å². The molecule has 0 aliphatic carbocycles. The minimum absolute atomic E-state index is 0.584. The van der Waals surface area contributed by atoms with Crippen LogP contribution in [0.1, 0.15) is 186 Å². The molecular formula is C64H92Br2N2O2. The van der Waals surface area contributed by atoms with E-state index >= 15 is 0 Å². The fourth-order valence-corrected chi connectivity index (χ4v) is 11.4. The third kappa shape index (κ3) is 16.0. The molecule has 0 saturated heterocycles. The number of rotatable bonds is 31. The van der Waals surface area contributed by atoms with Crippen LogP contribution in [-0.4, -0.2) is 22.3 Å². The molecule has 2 aromatic heterocycles. The standard InChI is InChI=1S/C64H92Br2N2O2/c1-43(2)17-13-21-47(9)29-33-67-59-27-25-51(65)37-53(59)55-39-57(63(41-61(55)67)69-35-31-49(11)23-15-19-45(5)6)58-40-56-54-38-52(66)26-28-60(54)68(34-30-48(10)22-14-18-44(3)4)62(56)42-64(58)70-36-32-50(12)24-16-20-46(7)8/h25-28,37-40,43-50H,13-24,29-36H2,1-12H3. The van der Waals surface area contributed by atoms with E-state index in [0.717, 1.165) is 105 Å². The van der Waals surface area contributed by atoms with Crippen molar-refractivity contribution in [1.29, 1.82) is 0 Å². The first-order chi connectivity index (χ1) is 33.5. The zero-order valence-corrected chi connectivity index (χ0v) is 49.0. The molecule has 0 aliphatic rings. The van der Waals surface area contributed by atoms with Crippen LogP contribution in [-0.2, 0) is 13.1 Å². The van der Waals surface area contributed by atoms with E-state index in [4.69, 9.17) is 9.47 Å². The van der Waals surface area contributed by atoms with E-state index in [2.05, 4.69) is 185 Å². The van der Waals surface area contributed by atoms with Crippen molar-refractivity contribution in [3.05, 3.63) is 69.6 Å². The Bertz CT molecular complexity index is 2370. The van der Waals surface area contributed by atoms with Crippen molar-refractivity contribution in [2.75, 3.05) is 13.2 Å². The molecule has 4 unspecified atom stereocenters. The Labute approximate surface area is 443 Å². The average Bonchev–Trinajstić information content (AvgIpc) is 3.75. The number of aryl methyl sites for hydroxylation is 2. The Hall–Kier alpha value is -2.96. The first-order valence-electron chi connectivity index (χ1n) is 28.1. The van der Waals surface area contributed by atoms with Gasteiger partial charge in [0.1, 0.15) is 11.5 Å². The van der Waals surface area contributed by atoms with Crippen LogP contribution < -0.4 is 9.47 Å². The highest BCUT2D eigenvalue weighted by Gasteiger charge is 2.24. The Morgan fingerprint density at radius 3 is 1.06 bits per heavy atom. The molecule has 4 atom stereocenters. The molecule has 6 rings (SSSR count). The largest absolute Gasteiger partial charge is 0.492 e. The van der Waals surface area contributed by atoms with Gasteiger partial charge in [-0.05, 0) is 122 Å². The highest BCUT2D eigenvalue weighted by atomic mass is 79.9. The lowest BCUT2D eigenvalue weighted by atomic mass is 9.96. The van der Waals surface area contributed by atoms with Gasteiger partial charge in [-0.3, -0.25) is 0 Å². The fraction of sp³-hybridized carbons (Fsp3) is 0.625. The van der Waals surface area contributed by atoms with E-state index in [-0.39, 0.29) is 0 Å². The van der Waals surface area contributed by atoms with Crippen LogP contribution in [0, 0.1) is 59.5 Å². The quantitative estimate of drug-likeness (QED) is 0.0434. The highest BCUT2D eigenvalue weighted by molar-refractivity contribution is 9.10. The SMILES string of the molecule is CC(C)CCCC(C)CCOc1[c]c2c(cc1-c1cc3c4cc(Br)ccc4n(CCC(C)CCCC(C)C)c3[c]c1OCCC(C)CCCC(C)C)c1cc(Br)ccc1n2CCC(C)CCCC(C)C. The highest BCUT2D eigenvalue weighted by Crippen LogP contribution is 2.46. The van der Waals surface area contributed by atoms with Crippen LogP contribution in [0.2, 0.25) is 0 Å². The van der Waals surface area contributed by atoms with Crippen molar-refractivity contribution >= 4 is 75.5 Å². The van der Waals surface area contributed by atoms with Gasteiger partial charge in [0.2, 0.25) is 0 Å². The molecule has 0 aliphatic heterocycles. The summed E-state index contributed by atoms with van der Waals surface area (Å²) in [5.41, 5.74) is 6.82. The predicted octanol–water partition coefficient (Wildman–Crippen LogP) is 20.9. The van der Waals surface area contributed by atoms with E-state index < -0.39 is 0 Å². The molecule has 4 aromatic carbocycles. The number of nitrogens with zero attached hydrogens (tertiary/aromatic N) is 2. The van der Waals surface area contributed by atoms with E-state index in [1.54, 1.807) is 0 Å². The first-order valence-corrected chi connectivity index (χ1v) is 29.7. The van der Waals surface area contributed by atoms with Gasteiger partial charge in [-0.2, -0.15) is 0 Å². The Morgan fingerprint density at radius 1 is 0.400 bits per heavy atom. The molecule has 2 heterocycles. The van der Waals surface area contributed by atoms with Crippen molar-refractivity contribution in [3.8, 4) is 22.6 Å². The van der Waals surface area contributed by atoms with Gasteiger partial charge in [0.15, 0.2) is 0 Å². The van der Waals surface area contributed by atoms with Crippen LogP contribution in [0.5, 0.6) is 11.5 Å². The summed E-state index contributed by atoms with van der Waals surface area (Å²) < 4.78 is 21.5. The maximum absolute atomic E-state index is 7.11. The molecule has 6 aromatic rings. The molecule has 0 saturated carbocycles. The lowest BCUT2D eigenvalue weighted by molar-refractivity contribution is 0.273. The van der Waals surface area contributed by atoms with Crippen molar-refractivity contribution in [2.45, 2.75) is 199 Å². The monoisotopic (exact) mass is 1080 g/mol. The number of fused-ring (bicyclic) bond motifs is 6. The third-order valence-corrected chi connectivity index (χ3v) is 16.3. The molecule has 0 N–H and O–H groups in total. The zero-order chi connectivity index (χ0) is 50.5. The lowest BCUT2D eigenvalue weighted by Gasteiger charge is -2.19. The van der Waals surface area contributed by atoms with E-state index in [0.29, 0.717) is 36.9 Å². The summed E-state index contributed by atoms with van der Waals surface area (Å²) in [5, 5.41) is 4.89. The topological polar surface area (TPSA) is 28.3 Å². The summed E-state index contributed by atoms with van der Waals surface area (Å²) >= 11 is 7.75. The summed E-state index contributed by atoms with van der Waals surface area (Å²) in [4.78, 5) is 0. The van der Waals surface area contributed by atoms with Gasteiger partial charge in [0, 0.05) is 65.7 Å². The second-order valence-corrected chi connectivity index (χ2v) is 25.6. The van der Waals surface area contributed by atoms with Crippen molar-refractivity contribution in [1.82, 2.24) is 9.13 Å². The lowest BCUT2D eigenvalue weighted by Crippen LogP contribution is -2.08. The Balaban J connectivity index is 1.50. The molecule has 6 heteroatoms. The molecular weight excluding hydrogens is 989 g/mol. The van der Waals surface area contributed by atoms with Crippen LogP contribution in [0.4, 0.5) is 0 Å². The molecule has 0 amide bonds. The molecule has 4 nitrogen and oxygen atoms in total. The minimum atomic E-state index is 0.584.